The number of para-hydroxylation sites is 1. The van der Waals surface area contributed by atoms with Crippen LogP contribution in [-0.2, 0) is 0 Å². The van der Waals surface area contributed by atoms with Crippen molar-refractivity contribution in [3.63, 3.8) is 0 Å². The van der Waals surface area contributed by atoms with E-state index in [1.165, 1.54) is 0 Å². The summed E-state index contributed by atoms with van der Waals surface area (Å²) in [5.41, 5.74) is 0.660. The van der Waals surface area contributed by atoms with Crippen molar-refractivity contribution in [2.45, 2.75) is 26.3 Å². The van der Waals surface area contributed by atoms with Gasteiger partial charge in [0, 0.05) is 5.54 Å². The number of nitrogens with zero attached hydrogens (tertiary/aromatic N) is 2. The summed E-state index contributed by atoms with van der Waals surface area (Å²) in [5, 5.41) is 14.3. The highest BCUT2D eigenvalue weighted by atomic mass is 35.5. The van der Waals surface area contributed by atoms with E-state index in [1.807, 2.05) is 20.8 Å². The van der Waals surface area contributed by atoms with E-state index in [9.17, 15) is 4.79 Å². The van der Waals surface area contributed by atoms with E-state index < -0.39 is 0 Å². The lowest BCUT2D eigenvalue weighted by molar-refractivity contribution is 0.102. The van der Waals surface area contributed by atoms with Gasteiger partial charge in [-0.25, -0.2) is 0 Å². The van der Waals surface area contributed by atoms with Crippen LogP contribution in [0.4, 0.5) is 11.5 Å². The SMILES string of the molecule is CC(C)(C)Nc1ccc(C(=O)Nc2ccccc2Cl)nn1. The maximum absolute atomic E-state index is 12.1. The highest BCUT2D eigenvalue weighted by Gasteiger charge is 2.13. The summed E-state index contributed by atoms with van der Waals surface area (Å²) in [6, 6.07) is 10.4. The Labute approximate surface area is 128 Å². The molecule has 21 heavy (non-hydrogen) atoms. The molecule has 0 aliphatic rings. The standard InChI is InChI=1S/C15H17ClN4O/c1-15(2,3)18-13-9-8-12(19-20-13)14(21)17-11-7-5-4-6-10(11)16/h4-9H,1-3H3,(H,17,21)(H,18,20). The molecule has 2 aromatic rings. The van der Waals surface area contributed by atoms with Crippen molar-refractivity contribution in [2.75, 3.05) is 10.6 Å². The van der Waals surface area contributed by atoms with Crippen LogP contribution in [0.25, 0.3) is 0 Å². The van der Waals surface area contributed by atoms with Crippen LogP contribution < -0.4 is 10.6 Å². The van der Waals surface area contributed by atoms with Gasteiger partial charge in [0.25, 0.3) is 5.91 Å². The van der Waals surface area contributed by atoms with Crippen molar-refractivity contribution >= 4 is 29.0 Å². The summed E-state index contributed by atoms with van der Waals surface area (Å²) in [6.07, 6.45) is 0. The molecule has 1 aromatic heterocycles. The second-order valence-corrected chi connectivity index (χ2v) is 6.02. The van der Waals surface area contributed by atoms with Gasteiger partial charge < -0.3 is 10.6 Å². The first-order valence-electron chi connectivity index (χ1n) is 6.53. The van der Waals surface area contributed by atoms with E-state index in [2.05, 4.69) is 20.8 Å². The molecule has 2 rings (SSSR count). The quantitative estimate of drug-likeness (QED) is 0.909. The minimum Gasteiger partial charge on any atom is -0.364 e. The molecule has 2 N–H and O–H groups in total. The molecule has 0 bridgehead atoms. The third kappa shape index (κ3) is 4.43. The number of nitrogens with one attached hydrogen (secondary N) is 2. The number of carbonyl (C=O) groups is 1. The van der Waals surface area contributed by atoms with Crippen LogP contribution in [0.5, 0.6) is 0 Å². The summed E-state index contributed by atoms with van der Waals surface area (Å²) in [7, 11) is 0. The summed E-state index contributed by atoms with van der Waals surface area (Å²) >= 11 is 5.99. The maximum atomic E-state index is 12.1. The lowest BCUT2D eigenvalue weighted by atomic mass is 10.1. The molecule has 1 amide bonds. The van der Waals surface area contributed by atoms with Crippen molar-refractivity contribution in [1.82, 2.24) is 10.2 Å². The van der Waals surface area contributed by atoms with Crippen LogP contribution in [0.1, 0.15) is 31.3 Å². The van der Waals surface area contributed by atoms with Crippen LogP contribution in [0.2, 0.25) is 5.02 Å². The molecule has 0 unspecified atom stereocenters. The number of hydrogen-bond acceptors (Lipinski definition) is 4. The Hall–Kier alpha value is -2.14. The van der Waals surface area contributed by atoms with Gasteiger partial charge in [0.2, 0.25) is 0 Å². The van der Waals surface area contributed by atoms with Crippen molar-refractivity contribution in [3.05, 3.63) is 47.1 Å². The number of halogens is 1. The molecule has 110 valence electrons. The second-order valence-electron chi connectivity index (χ2n) is 5.61. The molecule has 0 saturated heterocycles. The van der Waals surface area contributed by atoms with Crippen LogP contribution in [0.3, 0.4) is 0 Å². The molecular weight excluding hydrogens is 288 g/mol. The number of benzene rings is 1. The molecule has 5 nitrogen and oxygen atoms in total. The second kappa shape index (κ2) is 6.10. The van der Waals surface area contributed by atoms with Crippen molar-refractivity contribution in [2.24, 2.45) is 0 Å². The van der Waals surface area contributed by atoms with Crippen LogP contribution in [0.15, 0.2) is 36.4 Å². The minimum absolute atomic E-state index is 0.115. The Bertz CT molecular complexity index is 635. The third-order valence-corrected chi connectivity index (χ3v) is 2.85. The number of rotatable bonds is 3. The summed E-state index contributed by atoms with van der Waals surface area (Å²) in [4.78, 5) is 12.1. The highest BCUT2D eigenvalue weighted by molar-refractivity contribution is 6.33. The Kier molecular flexibility index (Phi) is 4.43. The zero-order valence-corrected chi connectivity index (χ0v) is 12.9. The zero-order chi connectivity index (χ0) is 15.5. The number of hydrogen-bond donors (Lipinski definition) is 2. The van der Waals surface area contributed by atoms with E-state index in [0.717, 1.165) is 0 Å². The lowest BCUT2D eigenvalue weighted by Gasteiger charge is -2.20. The smallest absolute Gasteiger partial charge is 0.276 e. The molecular formula is C15H17ClN4O. The van der Waals surface area contributed by atoms with Gasteiger partial charge in [-0.2, -0.15) is 0 Å². The van der Waals surface area contributed by atoms with Gasteiger partial charge in [-0.3, -0.25) is 4.79 Å². The van der Waals surface area contributed by atoms with E-state index in [-0.39, 0.29) is 17.1 Å². The summed E-state index contributed by atoms with van der Waals surface area (Å²) in [6.45, 7) is 6.06. The summed E-state index contributed by atoms with van der Waals surface area (Å²) in [5.74, 6) is 0.273. The average Bonchev–Trinajstić information content (AvgIpc) is 2.40. The van der Waals surface area contributed by atoms with Crippen molar-refractivity contribution in [1.29, 1.82) is 0 Å². The topological polar surface area (TPSA) is 66.9 Å². The van der Waals surface area contributed by atoms with E-state index in [4.69, 9.17) is 11.6 Å². The lowest BCUT2D eigenvalue weighted by Crippen LogP contribution is -2.27. The fraction of sp³-hybridized carbons (Fsp3) is 0.267. The van der Waals surface area contributed by atoms with Crippen molar-refractivity contribution in [3.8, 4) is 0 Å². The highest BCUT2D eigenvalue weighted by Crippen LogP contribution is 2.21. The largest absolute Gasteiger partial charge is 0.364 e. The third-order valence-electron chi connectivity index (χ3n) is 2.52. The predicted octanol–water partition coefficient (Wildman–Crippen LogP) is 3.59. The zero-order valence-electron chi connectivity index (χ0n) is 12.1. The Morgan fingerprint density at radius 3 is 2.38 bits per heavy atom. The predicted molar refractivity (Wildman–Crippen MR) is 84.8 cm³/mol. The fourth-order valence-electron chi connectivity index (χ4n) is 1.65. The number of anilines is 2. The molecule has 1 heterocycles. The van der Waals surface area contributed by atoms with Gasteiger partial charge in [0.15, 0.2) is 5.69 Å². The molecule has 0 radical (unpaired) electrons. The van der Waals surface area contributed by atoms with Gasteiger partial charge >= 0.3 is 0 Å². The Balaban J connectivity index is 2.08. The first-order chi connectivity index (χ1) is 9.85. The van der Waals surface area contributed by atoms with Gasteiger partial charge in [-0.05, 0) is 45.0 Å². The number of aromatic nitrogens is 2. The van der Waals surface area contributed by atoms with E-state index >= 15 is 0 Å². The molecule has 0 aliphatic heterocycles. The van der Waals surface area contributed by atoms with Crippen LogP contribution in [0, 0.1) is 0 Å². The van der Waals surface area contributed by atoms with Crippen molar-refractivity contribution < 1.29 is 4.79 Å². The van der Waals surface area contributed by atoms with E-state index in [1.54, 1.807) is 36.4 Å². The molecule has 0 aliphatic carbocycles. The molecule has 1 aromatic carbocycles. The van der Waals surface area contributed by atoms with Gasteiger partial charge in [-0.1, -0.05) is 23.7 Å². The normalized spacial score (nSPS) is 11.0. The Morgan fingerprint density at radius 1 is 1.10 bits per heavy atom. The Morgan fingerprint density at radius 2 is 1.81 bits per heavy atom. The first-order valence-corrected chi connectivity index (χ1v) is 6.91. The van der Waals surface area contributed by atoms with Crippen LogP contribution >= 0.6 is 11.6 Å². The molecule has 6 heteroatoms. The van der Waals surface area contributed by atoms with Crippen LogP contribution in [-0.4, -0.2) is 21.6 Å². The first kappa shape index (κ1) is 15.3. The molecule has 0 fully saturated rings. The number of carbonyl (C=O) groups excluding carboxylic acids is 1. The number of amides is 1. The fourth-order valence-corrected chi connectivity index (χ4v) is 1.84. The molecule has 0 saturated carbocycles. The minimum atomic E-state index is -0.349. The van der Waals surface area contributed by atoms with Gasteiger partial charge in [0.05, 0.1) is 10.7 Å². The average molecular weight is 305 g/mol. The monoisotopic (exact) mass is 304 g/mol. The van der Waals surface area contributed by atoms with E-state index in [0.29, 0.717) is 16.5 Å². The maximum Gasteiger partial charge on any atom is 0.276 e. The molecule has 0 atom stereocenters. The van der Waals surface area contributed by atoms with Gasteiger partial charge in [0.1, 0.15) is 5.82 Å². The molecule has 0 spiro atoms. The summed E-state index contributed by atoms with van der Waals surface area (Å²) < 4.78 is 0. The van der Waals surface area contributed by atoms with Gasteiger partial charge in [-0.15, -0.1) is 10.2 Å².